The molecular weight excluding hydrogens is 260 g/mol. The fourth-order valence-electron chi connectivity index (χ4n) is 2.75. The third kappa shape index (κ3) is 2.23. The van der Waals surface area contributed by atoms with E-state index in [0.717, 1.165) is 13.0 Å². The maximum atomic E-state index is 12.5. The monoisotopic (exact) mass is 278 g/mol. The molecule has 2 N–H and O–H groups in total. The van der Waals surface area contributed by atoms with Crippen LogP contribution in [0.1, 0.15) is 29.6 Å². The molecule has 0 bridgehead atoms. The van der Waals surface area contributed by atoms with Crippen LogP contribution < -0.4 is 10.5 Å². The smallest absolute Gasteiger partial charge is 0.260 e. The Balaban J connectivity index is 1.71. The molecule has 0 atom stereocenters. The van der Waals surface area contributed by atoms with Gasteiger partial charge in [0, 0.05) is 32.0 Å². The van der Waals surface area contributed by atoms with Crippen molar-refractivity contribution in [3.8, 4) is 5.88 Å². The standard InChI is InChI=1S/C13H18N4O3/c14-11(18)9-2-5-16(6-3-9)12(19)10-8-15-17-4-1-7-20-13(10)17/h8-9H,1-7H2,(H2,14,18). The van der Waals surface area contributed by atoms with E-state index in [2.05, 4.69) is 5.10 Å². The number of hydrogen-bond donors (Lipinski definition) is 1. The van der Waals surface area contributed by atoms with Gasteiger partial charge in [-0.3, -0.25) is 9.59 Å². The van der Waals surface area contributed by atoms with Gasteiger partial charge in [-0.1, -0.05) is 0 Å². The van der Waals surface area contributed by atoms with Gasteiger partial charge in [-0.25, -0.2) is 4.68 Å². The van der Waals surface area contributed by atoms with Crippen LogP contribution in [0.25, 0.3) is 0 Å². The number of fused-ring (bicyclic) bond motifs is 1. The zero-order valence-corrected chi connectivity index (χ0v) is 11.2. The van der Waals surface area contributed by atoms with Gasteiger partial charge in [-0.05, 0) is 12.8 Å². The maximum absolute atomic E-state index is 12.5. The van der Waals surface area contributed by atoms with Crippen molar-refractivity contribution in [2.24, 2.45) is 11.7 Å². The third-order valence-corrected chi connectivity index (χ3v) is 3.96. The molecule has 0 radical (unpaired) electrons. The fourth-order valence-corrected chi connectivity index (χ4v) is 2.75. The Hall–Kier alpha value is -2.05. The second kappa shape index (κ2) is 5.15. The van der Waals surface area contributed by atoms with Crippen molar-refractivity contribution in [2.75, 3.05) is 19.7 Å². The van der Waals surface area contributed by atoms with Gasteiger partial charge in [0.1, 0.15) is 5.56 Å². The molecule has 1 saturated heterocycles. The quantitative estimate of drug-likeness (QED) is 0.824. The van der Waals surface area contributed by atoms with Gasteiger partial charge in [0.05, 0.1) is 12.8 Å². The molecule has 2 aliphatic heterocycles. The van der Waals surface area contributed by atoms with E-state index in [-0.39, 0.29) is 17.7 Å². The fraction of sp³-hybridized carbons (Fsp3) is 0.615. The van der Waals surface area contributed by atoms with Crippen LogP contribution in [-0.2, 0) is 11.3 Å². The van der Waals surface area contributed by atoms with Gasteiger partial charge in [0.2, 0.25) is 11.8 Å². The Bertz CT molecular complexity index is 532. The Labute approximate surface area is 116 Å². The van der Waals surface area contributed by atoms with Crippen molar-refractivity contribution in [2.45, 2.75) is 25.8 Å². The molecular formula is C13H18N4O3. The first-order chi connectivity index (χ1) is 9.66. The minimum atomic E-state index is -0.275. The Kier molecular flexibility index (Phi) is 3.33. The number of hydrogen-bond acceptors (Lipinski definition) is 4. The van der Waals surface area contributed by atoms with Gasteiger partial charge in [-0.2, -0.15) is 5.10 Å². The van der Waals surface area contributed by atoms with Crippen molar-refractivity contribution in [3.05, 3.63) is 11.8 Å². The summed E-state index contributed by atoms with van der Waals surface area (Å²) in [6, 6.07) is 0. The molecule has 108 valence electrons. The molecule has 3 rings (SSSR count). The summed E-state index contributed by atoms with van der Waals surface area (Å²) in [6.45, 7) is 2.51. The number of nitrogens with zero attached hydrogens (tertiary/aromatic N) is 3. The Morgan fingerprint density at radius 1 is 1.30 bits per heavy atom. The molecule has 0 saturated carbocycles. The highest BCUT2D eigenvalue weighted by molar-refractivity contribution is 5.96. The molecule has 1 aromatic heterocycles. The van der Waals surface area contributed by atoms with Crippen molar-refractivity contribution in [1.29, 1.82) is 0 Å². The molecule has 0 aromatic carbocycles. The number of carbonyl (C=O) groups excluding carboxylic acids is 2. The third-order valence-electron chi connectivity index (χ3n) is 3.96. The van der Waals surface area contributed by atoms with E-state index in [4.69, 9.17) is 10.5 Å². The van der Waals surface area contributed by atoms with Crippen molar-refractivity contribution in [1.82, 2.24) is 14.7 Å². The average Bonchev–Trinajstić information content (AvgIpc) is 2.90. The highest BCUT2D eigenvalue weighted by atomic mass is 16.5. The first-order valence-electron chi connectivity index (χ1n) is 6.94. The van der Waals surface area contributed by atoms with Crippen LogP contribution in [0.15, 0.2) is 6.20 Å². The van der Waals surface area contributed by atoms with Gasteiger partial charge in [0.15, 0.2) is 0 Å². The van der Waals surface area contributed by atoms with Crippen LogP contribution >= 0.6 is 0 Å². The van der Waals surface area contributed by atoms with Gasteiger partial charge >= 0.3 is 0 Å². The molecule has 0 aliphatic carbocycles. The molecule has 1 fully saturated rings. The zero-order valence-electron chi connectivity index (χ0n) is 11.2. The van der Waals surface area contributed by atoms with Gasteiger partial charge in [-0.15, -0.1) is 0 Å². The Morgan fingerprint density at radius 3 is 2.75 bits per heavy atom. The molecule has 1 aromatic rings. The lowest BCUT2D eigenvalue weighted by Gasteiger charge is -2.30. The summed E-state index contributed by atoms with van der Waals surface area (Å²) in [6.07, 6.45) is 3.74. The topological polar surface area (TPSA) is 90.5 Å². The van der Waals surface area contributed by atoms with E-state index in [0.29, 0.717) is 44.0 Å². The first kappa shape index (κ1) is 13.0. The molecule has 20 heavy (non-hydrogen) atoms. The van der Waals surface area contributed by atoms with E-state index < -0.39 is 0 Å². The number of nitrogens with two attached hydrogens (primary N) is 1. The summed E-state index contributed by atoms with van der Waals surface area (Å²) in [5.41, 5.74) is 5.81. The normalized spacial score (nSPS) is 19.3. The summed E-state index contributed by atoms with van der Waals surface area (Å²) in [5, 5.41) is 4.19. The summed E-state index contributed by atoms with van der Waals surface area (Å²) >= 11 is 0. The molecule has 2 aliphatic rings. The number of likely N-dealkylation sites (tertiary alicyclic amines) is 1. The van der Waals surface area contributed by atoms with E-state index in [9.17, 15) is 9.59 Å². The summed E-state index contributed by atoms with van der Waals surface area (Å²) in [7, 11) is 0. The predicted molar refractivity (Wildman–Crippen MR) is 70.2 cm³/mol. The minimum absolute atomic E-state index is 0.0731. The maximum Gasteiger partial charge on any atom is 0.260 e. The minimum Gasteiger partial charge on any atom is -0.477 e. The second-order valence-corrected chi connectivity index (χ2v) is 5.26. The van der Waals surface area contributed by atoms with Crippen LogP contribution in [0.2, 0.25) is 0 Å². The zero-order chi connectivity index (χ0) is 14.1. The molecule has 3 heterocycles. The summed E-state index contributed by atoms with van der Waals surface area (Å²) in [5.74, 6) is 0.106. The second-order valence-electron chi connectivity index (χ2n) is 5.26. The molecule has 0 unspecified atom stereocenters. The molecule has 7 heteroatoms. The summed E-state index contributed by atoms with van der Waals surface area (Å²) in [4.78, 5) is 25.4. The Morgan fingerprint density at radius 2 is 2.05 bits per heavy atom. The van der Waals surface area contributed by atoms with Crippen LogP contribution in [-0.4, -0.2) is 46.2 Å². The lowest BCUT2D eigenvalue weighted by Crippen LogP contribution is -2.41. The van der Waals surface area contributed by atoms with Crippen LogP contribution in [0, 0.1) is 5.92 Å². The number of rotatable bonds is 2. The van der Waals surface area contributed by atoms with Crippen molar-refractivity contribution in [3.63, 3.8) is 0 Å². The van der Waals surface area contributed by atoms with Gasteiger partial charge in [0.25, 0.3) is 5.91 Å². The number of amides is 2. The van der Waals surface area contributed by atoms with E-state index >= 15 is 0 Å². The highest BCUT2D eigenvalue weighted by Gasteiger charge is 2.30. The molecule has 2 amide bonds. The SMILES string of the molecule is NC(=O)C1CCN(C(=O)c2cnn3c2OCCC3)CC1. The number of aromatic nitrogens is 2. The van der Waals surface area contributed by atoms with Crippen LogP contribution in [0.3, 0.4) is 0 Å². The lowest BCUT2D eigenvalue weighted by atomic mass is 9.96. The first-order valence-corrected chi connectivity index (χ1v) is 6.94. The van der Waals surface area contributed by atoms with Gasteiger partial charge < -0.3 is 15.4 Å². The van der Waals surface area contributed by atoms with E-state index in [1.165, 1.54) is 0 Å². The van der Waals surface area contributed by atoms with Crippen LogP contribution in [0.5, 0.6) is 5.88 Å². The predicted octanol–water partition coefficient (Wildman–Crippen LogP) is 0.00310. The summed E-state index contributed by atoms with van der Waals surface area (Å²) < 4.78 is 7.27. The largest absolute Gasteiger partial charge is 0.477 e. The van der Waals surface area contributed by atoms with E-state index in [1.807, 2.05) is 0 Å². The van der Waals surface area contributed by atoms with Crippen molar-refractivity contribution < 1.29 is 14.3 Å². The number of piperidine rings is 1. The van der Waals surface area contributed by atoms with E-state index in [1.54, 1.807) is 15.8 Å². The average molecular weight is 278 g/mol. The van der Waals surface area contributed by atoms with Crippen molar-refractivity contribution >= 4 is 11.8 Å². The number of primary amides is 1. The number of ether oxygens (including phenoxy) is 1. The highest BCUT2D eigenvalue weighted by Crippen LogP contribution is 2.25. The van der Waals surface area contributed by atoms with Crippen LogP contribution in [0.4, 0.5) is 0 Å². The molecule has 0 spiro atoms. The lowest BCUT2D eigenvalue weighted by molar-refractivity contribution is -0.123. The molecule has 7 nitrogen and oxygen atoms in total. The number of aryl methyl sites for hydroxylation is 1. The number of carbonyl (C=O) groups is 2.